The summed E-state index contributed by atoms with van der Waals surface area (Å²) in [5.74, 6) is 1.21. The first-order valence-corrected chi connectivity index (χ1v) is 7.20. The van der Waals surface area contributed by atoms with Crippen LogP contribution < -0.4 is 16.0 Å². The first-order valence-electron chi connectivity index (χ1n) is 7.20. The highest BCUT2D eigenvalue weighted by atomic mass is 15.1. The Balaban J connectivity index is 2.56. The zero-order valence-corrected chi connectivity index (χ0v) is 13.4. The zero-order chi connectivity index (χ0) is 15.1. The molecular weight excluding hydrogens is 248 g/mol. The van der Waals surface area contributed by atoms with Crippen LogP contribution >= 0.6 is 0 Å². The average Bonchev–Trinajstić information content (AvgIpc) is 2.36. The minimum atomic E-state index is 0.529. The van der Waals surface area contributed by atoms with E-state index in [-0.39, 0.29) is 0 Å². The van der Waals surface area contributed by atoms with Gasteiger partial charge in [0.25, 0.3) is 0 Å². The summed E-state index contributed by atoms with van der Waals surface area (Å²) in [6, 6.07) is 6.41. The molecule has 0 radical (unpaired) electrons. The van der Waals surface area contributed by atoms with Gasteiger partial charge in [0.1, 0.15) is 0 Å². The maximum Gasteiger partial charge on any atom is 0.188 e. The number of anilines is 1. The van der Waals surface area contributed by atoms with Crippen LogP contribution in [0.5, 0.6) is 0 Å². The Morgan fingerprint density at radius 2 is 2.05 bits per heavy atom. The fourth-order valence-corrected chi connectivity index (χ4v) is 1.85. The highest BCUT2D eigenvalue weighted by Crippen LogP contribution is 2.17. The van der Waals surface area contributed by atoms with Gasteiger partial charge in [-0.15, -0.1) is 0 Å². The van der Waals surface area contributed by atoms with Crippen LogP contribution in [0.1, 0.15) is 31.4 Å². The largest absolute Gasteiger partial charge is 0.378 e. The minimum absolute atomic E-state index is 0.529. The molecule has 3 N–H and O–H groups in total. The number of nitrogens with one attached hydrogen (secondary N) is 1. The van der Waals surface area contributed by atoms with Gasteiger partial charge in [0, 0.05) is 26.3 Å². The Kier molecular flexibility index (Phi) is 6.36. The third kappa shape index (κ3) is 5.51. The van der Waals surface area contributed by atoms with Crippen molar-refractivity contribution >= 4 is 11.6 Å². The lowest BCUT2D eigenvalue weighted by atomic mass is 10.1. The molecule has 1 aromatic rings. The van der Waals surface area contributed by atoms with Crippen LogP contribution in [0.3, 0.4) is 0 Å². The van der Waals surface area contributed by atoms with Crippen LogP contribution in [0, 0.1) is 12.8 Å². The molecule has 0 fully saturated rings. The van der Waals surface area contributed by atoms with Crippen molar-refractivity contribution < 1.29 is 0 Å². The first-order chi connectivity index (χ1) is 9.40. The van der Waals surface area contributed by atoms with Crippen molar-refractivity contribution in [3.8, 4) is 0 Å². The number of hydrogen-bond acceptors (Lipinski definition) is 2. The van der Waals surface area contributed by atoms with Crippen LogP contribution in [-0.2, 0) is 6.54 Å². The topological polar surface area (TPSA) is 53.6 Å². The molecule has 112 valence electrons. The van der Waals surface area contributed by atoms with Gasteiger partial charge in [-0.1, -0.05) is 19.9 Å². The lowest BCUT2D eigenvalue weighted by molar-refractivity contribution is 0.576. The normalized spacial score (nSPS) is 11.8. The smallest absolute Gasteiger partial charge is 0.188 e. The summed E-state index contributed by atoms with van der Waals surface area (Å²) in [6.07, 6.45) is 1.10. The predicted molar refractivity (Wildman–Crippen MR) is 88.3 cm³/mol. The molecule has 1 rings (SSSR count). The van der Waals surface area contributed by atoms with E-state index >= 15 is 0 Å². The van der Waals surface area contributed by atoms with Crippen LogP contribution in [0.15, 0.2) is 23.2 Å². The van der Waals surface area contributed by atoms with Gasteiger partial charge in [0.2, 0.25) is 0 Å². The molecule has 4 nitrogen and oxygen atoms in total. The van der Waals surface area contributed by atoms with Crippen molar-refractivity contribution in [2.24, 2.45) is 16.6 Å². The maximum absolute atomic E-state index is 5.87. The number of aryl methyl sites for hydroxylation is 1. The van der Waals surface area contributed by atoms with Gasteiger partial charge in [0.15, 0.2) is 5.96 Å². The van der Waals surface area contributed by atoms with E-state index in [1.165, 1.54) is 16.8 Å². The molecule has 0 heterocycles. The Bertz CT molecular complexity index is 450. The number of guanidine groups is 1. The summed E-state index contributed by atoms with van der Waals surface area (Å²) in [6.45, 7) is 8.02. The van der Waals surface area contributed by atoms with Gasteiger partial charge in [-0.25, -0.2) is 4.99 Å². The molecular formula is C16H28N4. The van der Waals surface area contributed by atoms with Gasteiger partial charge in [-0.05, 0) is 42.5 Å². The Labute approximate surface area is 123 Å². The molecule has 0 aliphatic rings. The minimum Gasteiger partial charge on any atom is -0.378 e. The highest BCUT2D eigenvalue weighted by molar-refractivity contribution is 5.77. The van der Waals surface area contributed by atoms with Gasteiger partial charge >= 0.3 is 0 Å². The standard InChI is InChI=1S/C16H28N4/c1-12(2)8-9-18-16(17)19-11-14-6-7-15(20(4)5)10-13(14)3/h6-7,10,12H,8-9,11H2,1-5H3,(H3,17,18,19). The first kappa shape index (κ1) is 16.3. The quantitative estimate of drug-likeness (QED) is 0.620. The molecule has 0 aliphatic heterocycles. The number of aliphatic imine (C=N–C) groups is 1. The second kappa shape index (κ2) is 7.78. The Morgan fingerprint density at radius 3 is 2.60 bits per heavy atom. The van der Waals surface area contributed by atoms with E-state index in [4.69, 9.17) is 5.73 Å². The number of nitrogens with two attached hydrogens (primary N) is 1. The second-order valence-corrected chi connectivity index (χ2v) is 5.82. The van der Waals surface area contributed by atoms with E-state index in [0.29, 0.717) is 18.4 Å². The molecule has 0 bridgehead atoms. The summed E-state index contributed by atoms with van der Waals surface area (Å²) in [7, 11) is 4.09. The average molecular weight is 276 g/mol. The van der Waals surface area contributed by atoms with E-state index < -0.39 is 0 Å². The van der Waals surface area contributed by atoms with Crippen molar-refractivity contribution in [3.05, 3.63) is 29.3 Å². The number of benzene rings is 1. The van der Waals surface area contributed by atoms with Crippen LogP contribution in [0.2, 0.25) is 0 Å². The van der Waals surface area contributed by atoms with E-state index in [0.717, 1.165) is 13.0 Å². The highest BCUT2D eigenvalue weighted by Gasteiger charge is 2.01. The molecule has 20 heavy (non-hydrogen) atoms. The molecule has 0 spiro atoms. The van der Waals surface area contributed by atoms with Crippen LogP contribution in [-0.4, -0.2) is 26.6 Å². The third-order valence-corrected chi connectivity index (χ3v) is 3.29. The lowest BCUT2D eigenvalue weighted by Gasteiger charge is -2.14. The molecule has 0 amide bonds. The van der Waals surface area contributed by atoms with Crippen LogP contribution in [0.4, 0.5) is 5.69 Å². The second-order valence-electron chi connectivity index (χ2n) is 5.82. The van der Waals surface area contributed by atoms with E-state index in [9.17, 15) is 0 Å². The SMILES string of the molecule is Cc1cc(N(C)C)ccc1CN=C(N)NCCC(C)C. The number of nitrogens with zero attached hydrogens (tertiary/aromatic N) is 2. The van der Waals surface area contributed by atoms with E-state index in [1.807, 2.05) is 14.1 Å². The third-order valence-electron chi connectivity index (χ3n) is 3.29. The predicted octanol–water partition coefficient (Wildman–Crippen LogP) is 2.51. The molecule has 0 unspecified atom stereocenters. The molecule has 0 saturated heterocycles. The summed E-state index contributed by atoms with van der Waals surface area (Å²) in [5, 5.41) is 3.15. The van der Waals surface area contributed by atoms with Crippen molar-refractivity contribution in [2.45, 2.75) is 33.7 Å². The molecule has 1 aromatic carbocycles. The Morgan fingerprint density at radius 1 is 1.35 bits per heavy atom. The van der Waals surface area contributed by atoms with Gasteiger partial charge in [-0.3, -0.25) is 0 Å². The monoisotopic (exact) mass is 276 g/mol. The molecule has 4 heteroatoms. The van der Waals surface area contributed by atoms with Crippen molar-refractivity contribution in [1.82, 2.24) is 5.32 Å². The fourth-order valence-electron chi connectivity index (χ4n) is 1.85. The number of rotatable bonds is 6. The summed E-state index contributed by atoms with van der Waals surface area (Å²) >= 11 is 0. The van der Waals surface area contributed by atoms with Crippen molar-refractivity contribution in [2.75, 3.05) is 25.5 Å². The summed E-state index contributed by atoms with van der Waals surface area (Å²) in [4.78, 5) is 6.50. The Hall–Kier alpha value is -1.71. The van der Waals surface area contributed by atoms with Crippen molar-refractivity contribution in [1.29, 1.82) is 0 Å². The zero-order valence-electron chi connectivity index (χ0n) is 13.4. The molecule has 0 aliphatic carbocycles. The summed E-state index contributed by atoms with van der Waals surface area (Å²) < 4.78 is 0. The maximum atomic E-state index is 5.87. The van der Waals surface area contributed by atoms with E-state index in [2.05, 4.69) is 54.2 Å². The van der Waals surface area contributed by atoms with Gasteiger partial charge in [0.05, 0.1) is 6.54 Å². The fraction of sp³-hybridized carbons (Fsp3) is 0.562. The van der Waals surface area contributed by atoms with Crippen molar-refractivity contribution in [3.63, 3.8) is 0 Å². The van der Waals surface area contributed by atoms with E-state index in [1.54, 1.807) is 0 Å². The number of hydrogen-bond donors (Lipinski definition) is 2. The van der Waals surface area contributed by atoms with Gasteiger partial charge < -0.3 is 16.0 Å². The summed E-state index contributed by atoms with van der Waals surface area (Å²) in [5.41, 5.74) is 9.53. The molecule has 0 saturated carbocycles. The molecule has 0 atom stereocenters. The van der Waals surface area contributed by atoms with Gasteiger partial charge in [-0.2, -0.15) is 0 Å². The lowest BCUT2D eigenvalue weighted by Crippen LogP contribution is -2.32. The van der Waals surface area contributed by atoms with Crippen LogP contribution in [0.25, 0.3) is 0 Å². The molecule has 0 aromatic heterocycles.